The molecule has 142 valence electrons. The van der Waals surface area contributed by atoms with E-state index in [1.54, 1.807) is 41.5 Å². The van der Waals surface area contributed by atoms with E-state index >= 15 is 0 Å². The third-order valence-corrected chi connectivity index (χ3v) is 4.53. The molecule has 8 nitrogen and oxygen atoms in total. The van der Waals surface area contributed by atoms with Crippen molar-refractivity contribution in [3.8, 4) is 17.2 Å². The Kier molecular flexibility index (Phi) is 4.44. The molecule has 0 unspecified atom stereocenters. The van der Waals surface area contributed by atoms with Crippen LogP contribution in [0.2, 0.25) is 0 Å². The molecule has 1 aliphatic rings. The summed E-state index contributed by atoms with van der Waals surface area (Å²) in [7, 11) is 1.77. The Morgan fingerprint density at radius 3 is 2.68 bits per heavy atom. The topological polar surface area (TPSA) is 86.8 Å². The van der Waals surface area contributed by atoms with Crippen LogP contribution in [0.5, 0.6) is 11.5 Å². The lowest BCUT2D eigenvalue weighted by molar-refractivity contribution is 0.0954. The maximum atomic E-state index is 12.6. The summed E-state index contributed by atoms with van der Waals surface area (Å²) >= 11 is 0. The highest BCUT2D eigenvalue weighted by atomic mass is 16.7. The number of carbonyl (C=O) groups excluding carboxylic acids is 1. The number of benzene rings is 2. The zero-order valence-corrected chi connectivity index (χ0v) is 15.4. The minimum Gasteiger partial charge on any atom is -0.454 e. The molecule has 2 heterocycles. The molecule has 0 atom stereocenters. The molecule has 0 fully saturated rings. The van der Waals surface area contributed by atoms with Crippen LogP contribution in [-0.2, 0) is 7.05 Å². The van der Waals surface area contributed by atoms with Crippen molar-refractivity contribution in [3.63, 3.8) is 0 Å². The second kappa shape index (κ2) is 7.07. The molecule has 1 amide bonds. The van der Waals surface area contributed by atoms with Gasteiger partial charge in [0.2, 0.25) is 6.79 Å². The minimum atomic E-state index is -0.389. The van der Waals surface area contributed by atoms with Gasteiger partial charge in [0, 0.05) is 18.2 Å². The number of aromatic nitrogens is 2. The predicted octanol–water partition coefficient (Wildman–Crippen LogP) is 1.98. The quantitative estimate of drug-likeness (QED) is 0.556. The summed E-state index contributed by atoms with van der Waals surface area (Å²) in [5.41, 5.74) is 4.61. The zero-order chi connectivity index (χ0) is 19.7. The molecule has 0 saturated carbocycles. The highest BCUT2D eigenvalue weighted by Gasteiger charge is 2.17. The van der Waals surface area contributed by atoms with Crippen LogP contribution in [0.3, 0.4) is 0 Å². The van der Waals surface area contributed by atoms with Gasteiger partial charge in [0.05, 0.1) is 17.6 Å². The van der Waals surface area contributed by atoms with Crippen LogP contribution in [0.25, 0.3) is 5.69 Å². The van der Waals surface area contributed by atoms with Gasteiger partial charge < -0.3 is 9.47 Å². The Morgan fingerprint density at radius 2 is 1.89 bits per heavy atom. The van der Waals surface area contributed by atoms with Gasteiger partial charge in [-0.1, -0.05) is 18.2 Å². The first-order valence-electron chi connectivity index (χ1n) is 8.63. The van der Waals surface area contributed by atoms with Crippen LogP contribution in [-0.4, -0.2) is 28.3 Å². The van der Waals surface area contributed by atoms with Gasteiger partial charge in [-0.3, -0.25) is 14.3 Å². The van der Waals surface area contributed by atoms with Gasteiger partial charge in [-0.2, -0.15) is 5.10 Å². The second-order valence-corrected chi connectivity index (χ2v) is 6.25. The fraction of sp³-hybridized carbons (Fsp3) is 0.150. The maximum Gasteiger partial charge on any atom is 0.274 e. The normalized spacial score (nSPS) is 12.5. The zero-order valence-electron chi connectivity index (χ0n) is 15.4. The van der Waals surface area contributed by atoms with Gasteiger partial charge in [0.1, 0.15) is 0 Å². The van der Waals surface area contributed by atoms with E-state index < -0.39 is 0 Å². The van der Waals surface area contributed by atoms with Crippen molar-refractivity contribution in [1.82, 2.24) is 14.8 Å². The summed E-state index contributed by atoms with van der Waals surface area (Å²) in [5, 5.41) is 4.01. The summed E-state index contributed by atoms with van der Waals surface area (Å²) in [6.07, 6.45) is 1.46. The lowest BCUT2D eigenvalue weighted by Gasteiger charge is -2.08. The van der Waals surface area contributed by atoms with Gasteiger partial charge in [-0.05, 0) is 37.3 Å². The fourth-order valence-corrected chi connectivity index (χ4v) is 3.05. The number of nitrogens with one attached hydrogen (secondary N) is 1. The van der Waals surface area contributed by atoms with Crippen molar-refractivity contribution in [3.05, 3.63) is 75.7 Å². The monoisotopic (exact) mass is 378 g/mol. The Bertz CT molecular complexity index is 1130. The Labute approximate surface area is 160 Å². The highest BCUT2D eigenvalue weighted by Crippen LogP contribution is 2.32. The number of carbonyl (C=O) groups is 1. The van der Waals surface area contributed by atoms with Crippen molar-refractivity contribution in [1.29, 1.82) is 0 Å². The molecular weight excluding hydrogens is 360 g/mol. The minimum absolute atomic E-state index is 0.141. The number of hydrogen-bond acceptors (Lipinski definition) is 5. The lowest BCUT2D eigenvalue weighted by Crippen LogP contribution is -2.20. The second-order valence-electron chi connectivity index (χ2n) is 6.25. The number of para-hydroxylation sites is 1. The molecule has 1 aromatic heterocycles. The highest BCUT2D eigenvalue weighted by molar-refractivity contribution is 5.95. The van der Waals surface area contributed by atoms with Crippen molar-refractivity contribution < 1.29 is 14.3 Å². The van der Waals surface area contributed by atoms with E-state index in [0.717, 1.165) is 5.69 Å². The lowest BCUT2D eigenvalue weighted by atomic mass is 10.2. The molecule has 2 aromatic carbocycles. The van der Waals surface area contributed by atoms with E-state index in [9.17, 15) is 9.59 Å². The van der Waals surface area contributed by atoms with Gasteiger partial charge >= 0.3 is 0 Å². The number of nitrogens with zero attached hydrogens (tertiary/aromatic N) is 3. The number of hydrazone groups is 1. The molecule has 1 N–H and O–H groups in total. The summed E-state index contributed by atoms with van der Waals surface area (Å²) in [5.74, 6) is 0.738. The molecule has 4 rings (SSSR count). The molecule has 0 bridgehead atoms. The number of rotatable bonds is 4. The first kappa shape index (κ1) is 17.6. The molecule has 0 spiro atoms. The van der Waals surface area contributed by atoms with Crippen LogP contribution in [0.15, 0.2) is 58.4 Å². The standard InChI is InChI=1S/C20H18N4O4/c1-13-16(23(2)24(20(13)26)15-6-4-3-5-7-15)11-21-22-19(25)14-8-9-17-18(10-14)28-12-27-17/h3-11H,12H2,1-2H3,(H,22,25)/b21-11-. The van der Waals surface area contributed by atoms with Gasteiger partial charge in [0.25, 0.3) is 11.5 Å². The average molecular weight is 378 g/mol. The summed E-state index contributed by atoms with van der Waals surface area (Å²) < 4.78 is 13.8. The Hall–Kier alpha value is -3.81. The van der Waals surface area contributed by atoms with Gasteiger partial charge in [-0.25, -0.2) is 10.1 Å². The molecule has 3 aromatic rings. The van der Waals surface area contributed by atoms with E-state index in [4.69, 9.17) is 9.47 Å². The number of amides is 1. The van der Waals surface area contributed by atoms with Gasteiger partial charge in [-0.15, -0.1) is 0 Å². The fourth-order valence-electron chi connectivity index (χ4n) is 3.05. The first-order chi connectivity index (χ1) is 13.6. The largest absolute Gasteiger partial charge is 0.454 e. The smallest absolute Gasteiger partial charge is 0.274 e. The van der Waals surface area contributed by atoms with Crippen LogP contribution in [0.1, 0.15) is 21.6 Å². The molecule has 0 aliphatic carbocycles. The van der Waals surface area contributed by atoms with Crippen molar-refractivity contribution in [2.24, 2.45) is 12.1 Å². The van der Waals surface area contributed by atoms with E-state index in [0.29, 0.717) is 28.3 Å². The van der Waals surface area contributed by atoms with Crippen molar-refractivity contribution in [2.75, 3.05) is 6.79 Å². The van der Waals surface area contributed by atoms with Crippen LogP contribution in [0.4, 0.5) is 0 Å². The Morgan fingerprint density at radius 1 is 1.14 bits per heavy atom. The summed E-state index contributed by atoms with van der Waals surface area (Å²) in [6, 6.07) is 14.2. The predicted molar refractivity (Wildman–Crippen MR) is 103 cm³/mol. The van der Waals surface area contributed by atoms with Crippen molar-refractivity contribution >= 4 is 12.1 Å². The molecule has 1 aliphatic heterocycles. The molecule has 8 heteroatoms. The van der Waals surface area contributed by atoms with E-state index in [1.807, 2.05) is 30.3 Å². The van der Waals surface area contributed by atoms with Crippen LogP contribution < -0.4 is 20.5 Å². The van der Waals surface area contributed by atoms with E-state index in [1.165, 1.54) is 6.21 Å². The van der Waals surface area contributed by atoms with Gasteiger partial charge in [0.15, 0.2) is 11.5 Å². The number of hydrogen-bond donors (Lipinski definition) is 1. The average Bonchev–Trinajstić information content (AvgIpc) is 3.26. The SMILES string of the molecule is Cc1c(/C=N\NC(=O)c2ccc3c(c2)OCO3)n(C)n(-c2ccccc2)c1=O. The van der Waals surface area contributed by atoms with Crippen LogP contribution in [0, 0.1) is 6.92 Å². The molecule has 0 saturated heterocycles. The maximum absolute atomic E-state index is 12.6. The number of ether oxygens (including phenoxy) is 2. The Balaban J connectivity index is 1.55. The first-order valence-corrected chi connectivity index (χ1v) is 8.63. The van der Waals surface area contributed by atoms with E-state index in [-0.39, 0.29) is 18.3 Å². The summed E-state index contributed by atoms with van der Waals surface area (Å²) in [6.45, 7) is 1.87. The molecule has 0 radical (unpaired) electrons. The molecular formula is C20H18N4O4. The molecule has 28 heavy (non-hydrogen) atoms. The number of fused-ring (bicyclic) bond motifs is 1. The summed E-state index contributed by atoms with van der Waals surface area (Å²) in [4.78, 5) is 24.9. The van der Waals surface area contributed by atoms with E-state index in [2.05, 4.69) is 10.5 Å². The van der Waals surface area contributed by atoms with Crippen LogP contribution >= 0.6 is 0 Å². The van der Waals surface area contributed by atoms with Crippen molar-refractivity contribution in [2.45, 2.75) is 6.92 Å². The third kappa shape index (κ3) is 3.05. The third-order valence-electron chi connectivity index (χ3n) is 4.53.